The van der Waals surface area contributed by atoms with E-state index in [0.29, 0.717) is 24.1 Å². The molecule has 2 unspecified atom stereocenters. The first-order valence-corrected chi connectivity index (χ1v) is 6.47. The second-order valence-electron chi connectivity index (χ2n) is 5.32. The predicted molar refractivity (Wildman–Crippen MR) is 74.0 cm³/mol. The highest BCUT2D eigenvalue weighted by Gasteiger charge is 2.34. The zero-order chi connectivity index (χ0) is 14.9. The molecular weight excluding hydrogens is 260 g/mol. The van der Waals surface area contributed by atoms with Gasteiger partial charge in [-0.3, -0.25) is 0 Å². The van der Waals surface area contributed by atoms with E-state index in [0.717, 1.165) is 6.42 Å². The van der Waals surface area contributed by atoms with E-state index in [2.05, 4.69) is 12.2 Å². The Morgan fingerprint density at radius 3 is 2.65 bits per heavy atom. The highest BCUT2D eigenvalue weighted by atomic mass is 16.4. The number of carboxylic acids is 1. The first-order chi connectivity index (χ1) is 9.38. The van der Waals surface area contributed by atoms with Gasteiger partial charge in [0.25, 0.3) is 0 Å². The number of amides is 2. The van der Waals surface area contributed by atoms with Crippen LogP contribution < -0.4 is 5.32 Å². The summed E-state index contributed by atoms with van der Waals surface area (Å²) in [4.78, 5) is 24.4. The monoisotopic (exact) mass is 278 g/mol. The van der Waals surface area contributed by atoms with Crippen LogP contribution in [0.25, 0.3) is 0 Å². The quantitative estimate of drug-likeness (QED) is 0.736. The van der Waals surface area contributed by atoms with Gasteiger partial charge in [0, 0.05) is 19.3 Å². The molecule has 1 aliphatic carbocycles. The highest BCUT2D eigenvalue weighted by molar-refractivity contribution is 5.95. The van der Waals surface area contributed by atoms with Crippen molar-refractivity contribution in [3.63, 3.8) is 0 Å². The Morgan fingerprint density at radius 2 is 2.10 bits per heavy atom. The zero-order valence-corrected chi connectivity index (χ0v) is 11.5. The summed E-state index contributed by atoms with van der Waals surface area (Å²) in [6, 6.07) is 3.67. The third-order valence-corrected chi connectivity index (χ3v) is 3.61. The average Bonchev–Trinajstić information content (AvgIpc) is 3.06. The van der Waals surface area contributed by atoms with Crippen LogP contribution in [0.2, 0.25) is 0 Å². The molecule has 6 heteroatoms. The molecule has 0 bridgehead atoms. The predicted octanol–water partition coefficient (Wildman–Crippen LogP) is 2.21. The molecule has 0 spiro atoms. The van der Waals surface area contributed by atoms with E-state index in [4.69, 9.17) is 5.11 Å². The molecule has 1 aromatic carbocycles. The summed E-state index contributed by atoms with van der Waals surface area (Å²) in [5.74, 6) is -0.341. The molecule has 2 atom stereocenters. The molecule has 0 heterocycles. The summed E-state index contributed by atoms with van der Waals surface area (Å²) in [6.07, 6.45) is 1.14. The van der Waals surface area contributed by atoms with E-state index in [-0.39, 0.29) is 17.3 Å². The lowest BCUT2D eigenvalue weighted by atomic mass is 10.2. The fourth-order valence-electron chi connectivity index (χ4n) is 2.09. The number of carboxylic acid groups (broad SMARTS) is 1. The van der Waals surface area contributed by atoms with Crippen LogP contribution in [0.3, 0.4) is 0 Å². The fourth-order valence-corrected chi connectivity index (χ4v) is 2.09. The third kappa shape index (κ3) is 3.20. The van der Waals surface area contributed by atoms with Crippen molar-refractivity contribution in [2.24, 2.45) is 11.8 Å². The summed E-state index contributed by atoms with van der Waals surface area (Å²) < 4.78 is 0. The molecule has 1 aliphatic rings. The van der Waals surface area contributed by atoms with E-state index in [1.165, 1.54) is 18.2 Å². The van der Waals surface area contributed by atoms with Gasteiger partial charge in [0.15, 0.2) is 0 Å². The maximum Gasteiger partial charge on any atom is 0.339 e. The lowest BCUT2D eigenvalue weighted by molar-refractivity contribution is 0.0693. The minimum Gasteiger partial charge on any atom is -0.507 e. The number of benzene rings is 1. The lowest BCUT2D eigenvalue weighted by Gasteiger charge is -2.18. The Labute approximate surface area is 117 Å². The van der Waals surface area contributed by atoms with Gasteiger partial charge in [0.05, 0.1) is 0 Å². The maximum atomic E-state index is 12.0. The summed E-state index contributed by atoms with van der Waals surface area (Å²) in [7, 11) is 1.71. The van der Waals surface area contributed by atoms with Crippen molar-refractivity contribution in [2.75, 3.05) is 18.9 Å². The molecule has 2 rings (SSSR count). The number of aromatic carboxylic acids is 1. The van der Waals surface area contributed by atoms with Gasteiger partial charge in [-0.05, 0) is 36.5 Å². The van der Waals surface area contributed by atoms with Gasteiger partial charge in [-0.1, -0.05) is 6.92 Å². The molecule has 6 nitrogen and oxygen atoms in total. The summed E-state index contributed by atoms with van der Waals surface area (Å²) in [6.45, 7) is 2.84. The van der Waals surface area contributed by atoms with E-state index in [1.807, 2.05) is 0 Å². The molecule has 1 saturated carbocycles. The number of rotatable bonds is 4. The molecule has 3 N–H and O–H groups in total. The Bertz CT molecular complexity index is 544. The van der Waals surface area contributed by atoms with E-state index in [9.17, 15) is 14.7 Å². The van der Waals surface area contributed by atoms with Gasteiger partial charge in [0.1, 0.15) is 11.3 Å². The first-order valence-electron chi connectivity index (χ1n) is 6.47. The number of carbonyl (C=O) groups is 2. The Morgan fingerprint density at radius 1 is 1.45 bits per heavy atom. The normalized spacial score (nSPS) is 20.3. The summed E-state index contributed by atoms with van der Waals surface area (Å²) in [5, 5.41) is 20.9. The minimum atomic E-state index is -1.24. The molecule has 1 fully saturated rings. The second-order valence-corrected chi connectivity index (χ2v) is 5.32. The second kappa shape index (κ2) is 5.40. The van der Waals surface area contributed by atoms with Crippen molar-refractivity contribution in [2.45, 2.75) is 13.3 Å². The first kappa shape index (κ1) is 14.2. The number of phenols is 1. The molecule has 20 heavy (non-hydrogen) atoms. The van der Waals surface area contributed by atoms with Crippen LogP contribution in [0.5, 0.6) is 5.75 Å². The highest BCUT2D eigenvalue weighted by Crippen LogP contribution is 2.38. The van der Waals surface area contributed by atoms with Crippen molar-refractivity contribution in [1.82, 2.24) is 4.90 Å². The number of nitrogens with one attached hydrogen (secondary N) is 1. The van der Waals surface area contributed by atoms with Gasteiger partial charge in [-0.2, -0.15) is 0 Å². The van der Waals surface area contributed by atoms with Gasteiger partial charge in [-0.25, -0.2) is 9.59 Å². The molecule has 2 amide bonds. The third-order valence-electron chi connectivity index (χ3n) is 3.61. The van der Waals surface area contributed by atoms with Gasteiger partial charge in [0.2, 0.25) is 0 Å². The van der Waals surface area contributed by atoms with Crippen molar-refractivity contribution < 1.29 is 19.8 Å². The number of anilines is 1. The van der Waals surface area contributed by atoms with Gasteiger partial charge >= 0.3 is 12.0 Å². The van der Waals surface area contributed by atoms with Gasteiger partial charge in [-0.15, -0.1) is 0 Å². The van der Waals surface area contributed by atoms with Crippen molar-refractivity contribution >= 4 is 17.7 Å². The van der Waals surface area contributed by atoms with Crippen LogP contribution in [0, 0.1) is 11.8 Å². The Balaban J connectivity index is 2.00. The minimum absolute atomic E-state index is 0.235. The number of hydrogen-bond donors (Lipinski definition) is 3. The molecule has 0 aromatic heterocycles. The van der Waals surface area contributed by atoms with Crippen LogP contribution in [-0.2, 0) is 0 Å². The molecule has 0 radical (unpaired) electrons. The van der Waals surface area contributed by atoms with E-state index >= 15 is 0 Å². The van der Waals surface area contributed by atoms with E-state index in [1.54, 1.807) is 11.9 Å². The number of hydrogen-bond acceptors (Lipinski definition) is 3. The number of aromatic hydroxyl groups is 1. The molecular formula is C14H18N2O4. The largest absolute Gasteiger partial charge is 0.507 e. The van der Waals surface area contributed by atoms with Crippen molar-refractivity contribution in [1.29, 1.82) is 0 Å². The SMILES string of the molecule is CC1CC1CN(C)C(=O)Nc1ccc(O)c(C(=O)O)c1. The van der Waals surface area contributed by atoms with Crippen LogP contribution in [0.4, 0.5) is 10.5 Å². The van der Waals surface area contributed by atoms with Crippen molar-refractivity contribution in [3.05, 3.63) is 23.8 Å². The van der Waals surface area contributed by atoms with Crippen molar-refractivity contribution in [3.8, 4) is 5.75 Å². The number of urea groups is 1. The van der Waals surface area contributed by atoms with Crippen LogP contribution >= 0.6 is 0 Å². The summed E-state index contributed by atoms with van der Waals surface area (Å²) in [5.41, 5.74) is 0.113. The van der Waals surface area contributed by atoms with Gasteiger partial charge < -0.3 is 20.4 Å². The lowest BCUT2D eigenvalue weighted by Crippen LogP contribution is -2.33. The molecule has 0 aliphatic heterocycles. The number of nitrogens with zero attached hydrogens (tertiary/aromatic N) is 1. The number of carbonyl (C=O) groups excluding carboxylic acids is 1. The maximum absolute atomic E-state index is 12.0. The smallest absolute Gasteiger partial charge is 0.339 e. The standard InChI is InChI=1S/C14H18N2O4/c1-8-5-9(8)7-16(2)14(20)15-10-3-4-12(17)11(6-10)13(18)19/h3-4,6,8-9,17H,5,7H2,1-2H3,(H,15,20)(H,18,19). The summed E-state index contributed by atoms with van der Waals surface area (Å²) >= 11 is 0. The van der Waals surface area contributed by atoms with E-state index < -0.39 is 5.97 Å². The zero-order valence-electron chi connectivity index (χ0n) is 11.5. The molecule has 108 valence electrons. The van der Waals surface area contributed by atoms with Crippen LogP contribution in [0.15, 0.2) is 18.2 Å². The average molecular weight is 278 g/mol. The van der Waals surface area contributed by atoms with Crippen LogP contribution in [-0.4, -0.2) is 40.7 Å². The fraction of sp³-hybridized carbons (Fsp3) is 0.429. The topological polar surface area (TPSA) is 89.9 Å². The van der Waals surface area contributed by atoms with Crippen LogP contribution in [0.1, 0.15) is 23.7 Å². The molecule has 1 aromatic rings. The Hall–Kier alpha value is -2.24. The Kier molecular flexibility index (Phi) is 3.83. The molecule has 0 saturated heterocycles.